The van der Waals surface area contributed by atoms with Crippen molar-refractivity contribution in [2.75, 3.05) is 17.2 Å². The van der Waals surface area contributed by atoms with E-state index in [-0.39, 0.29) is 0 Å². The Morgan fingerprint density at radius 2 is 1.86 bits per heavy atom. The van der Waals surface area contributed by atoms with Crippen LogP contribution in [0.25, 0.3) is 5.69 Å². The van der Waals surface area contributed by atoms with Crippen LogP contribution in [0.3, 0.4) is 0 Å². The summed E-state index contributed by atoms with van der Waals surface area (Å²) in [4.78, 5) is 2.31. The molecule has 110 valence electrons. The minimum atomic E-state index is 0.689. The summed E-state index contributed by atoms with van der Waals surface area (Å²) in [7, 11) is 0. The van der Waals surface area contributed by atoms with Crippen molar-refractivity contribution in [3.63, 3.8) is 0 Å². The van der Waals surface area contributed by atoms with E-state index in [4.69, 9.17) is 5.73 Å². The van der Waals surface area contributed by atoms with Crippen LogP contribution in [0.15, 0.2) is 48.5 Å². The van der Waals surface area contributed by atoms with E-state index in [1.54, 1.807) is 4.68 Å². The first-order valence-electron chi connectivity index (χ1n) is 7.27. The van der Waals surface area contributed by atoms with Crippen LogP contribution in [0.5, 0.6) is 0 Å². The quantitative estimate of drug-likeness (QED) is 0.745. The number of benzene rings is 2. The van der Waals surface area contributed by atoms with E-state index in [9.17, 15) is 0 Å². The van der Waals surface area contributed by atoms with Crippen molar-refractivity contribution >= 4 is 11.4 Å². The van der Waals surface area contributed by atoms with Crippen LogP contribution in [-0.4, -0.2) is 26.8 Å². The average Bonchev–Trinajstić information content (AvgIpc) is 3.16. The van der Waals surface area contributed by atoms with Gasteiger partial charge in [0.1, 0.15) is 0 Å². The number of fused-ring (bicyclic) bond motifs is 1. The highest BCUT2D eigenvalue weighted by Gasteiger charge is 2.21. The second-order valence-corrected chi connectivity index (χ2v) is 5.40. The lowest BCUT2D eigenvalue weighted by molar-refractivity contribution is 0.729. The SMILES string of the molecule is Nc1ccc(-n2nnnc2CN2CCc3ccccc32)cc1. The van der Waals surface area contributed by atoms with E-state index in [0.29, 0.717) is 6.54 Å². The first-order chi connectivity index (χ1) is 10.8. The summed E-state index contributed by atoms with van der Waals surface area (Å²) < 4.78 is 1.76. The van der Waals surface area contributed by atoms with Crippen LogP contribution in [0.4, 0.5) is 11.4 Å². The number of anilines is 2. The number of rotatable bonds is 3. The molecule has 22 heavy (non-hydrogen) atoms. The highest BCUT2D eigenvalue weighted by molar-refractivity contribution is 5.57. The summed E-state index contributed by atoms with van der Waals surface area (Å²) in [5, 5.41) is 12.1. The second-order valence-electron chi connectivity index (χ2n) is 5.40. The number of nitrogens with zero attached hydrogens (tertiary/aromatic N) is 5. The fraction of sp³-hybridized carbons (Fsp3) is 0.188. The molecule has 4 rings (SSSR count). The lowest BCUT2D eigenvalue weighted by Crippen LogP contribution is -2.22. The Labute approximate surface area is 128 Å². The molecule has 1 aromatic heterocycles. The van der Waals surface area contributed by atoms with Gasteiger partial charge in [-0.2, -0.15) is 4.68 Å². The third kappa shape index (κ3) is 2.18. The van der Waals surface area contributed by atoms with Crippen molar-refractivity contribution in [1.82, 2.24) is 20.2 Å². The molecule has 6 nitrogen and oxygen atoms in total. The predicted octanol–water partition coefficient (Wildman–Crippen LogP) is 1.81. The van der Waals surface area contributed by atoms with Gasteiger partial charge in [0.05, 0.1) is 12.2 Å². The molecule has 2 N–H and O–H groups in total. The Balaban J connectivity index is 1.63. The van der Waals surface area contributed by atoms with Crippen molar-refractivity contribution in [2.24, 2.45) is 0 Å². The molecule has 0 unspecified atom stereocenters. The molecule has 1 aliphatic heterocycles. The van der Waals surface area contributed by atoms with Crippen LogP contribution in [0.1, 0.15) is 11.4 Å². The smallest absolute Gasteiger partial charge is 0.175 e. The first kappa shape index (κ1) is 12.8. The zero-order valence-corrected chi connectivity index (χ0v) is 12.1. The van der Waals surface area contributed by atoms with Crippen molar-refractivity contribution in [3.8, 4) is 5.69 Å². The summed E-state index contributed by atoms with van der Waals surface area (Å²) in [5.41, 5.74) is 10.0. The van der Waals surface area contributed by atoms with E-state index >= 15 is 0 Å². The molecule has 0 amide bonds. The zero-order valence-electron chi connectivity index (χ0n) is 12.1. The van der Waals surface area contributed by atoms with Crippen LogP contribution < -0.4 is 10.6 Å². The molecule has 1 aliphatic rings. The highest BCUT2D eigenvalue weighted by atomic mass is 15.5. The highest BCUT2D eigenvalue weighted by Crippen LogP contribution is 2.28. The standard InChI is InChI=1S/C16H16N6/c17-13-5-7-14(8-6-13)22-16(18-19-20-22)11-21-10-9-12-3-1-2-4-15(12)21/h1-8H,9-11,17H2. The summed E-state index contributed by atoms with van der Waals surface area (Å²) in [6.45, 7) is 1.68. The molecule has 0 fully saturated rings. The minimum Gasteiger partial charge on any atom is -0.399 e. The van der Waals surface area contributed by atoms with E-state index in [1.165, 1.54) is 11.3 Å². The average molecular weight is 292 g/mol. The maximum atomic E-state index is 5.73. The van der Waals surface area contributed by atoms with Crippen LogP contribution in [-0.2, 0) is 13.0 Å². The predicted molar refractivity (Wildman–Crippen MR) is 84.8 cm³/mol. The molecule has 2 heterocycles. The summed E-state index contributed by atoms with van der Waals surface area (Å²) in [6, 6.07) is 16.0. The number of hydrogen-bond acceptors (Lipinski definition) is 5. The molecule has 0 saturated carbocycles. The largest absolute Gasteiger partial charge is 0.399 e. The van der Waals surface area contributed by atoms with Crippen molar-refractivity contribution < 1.29 is 0 Å². The van der Waals surface area contributed by atoms with Crippen LogP contribution in [0, 0.1) is 0 Å². The Hall–Kier alpha value is -2.89. The summed E-state index contributed by atoms with van der Waals surface area (Å²) >= 11 is 0. The fourth-order valence-corrected chi connectivity index (χ4v) is 2.86. The molecular formula is C16H16N6. The van der Waals surface area contributed by atoms with Crippen molar-refractivity contribution in [1.29, 1.82) is 0 Å². The lowest BCUT2D eigenvalue weighted by Gasteiger charge is -2.18. The van der Waals surface area contributed by atoms with Gasteiger partial charge in [0.15, 0.2) is 5.82 Å². The number of nitrogens with two attached hydrogens (primary N) is 1. The van der Waals surface area contributed by atoms with Crippen molar-refractivity contribution in [3.05, 3.63) is 59.9 Å². The Morgan fingerprint density at radius 1 is 1.05 bits per heavy atom. The van der Waals surface area contributed by atoms with Gasteiger partial charge < -0.3 is 10.6 Å². The second kappa shape index (κ2) is 5.14. The maximum absolute atomic E-state index is 5.73. The van der Waals surface area contributed by atoms with Gasteiger partial charge in [-0.05, 0) is 52.7 Å². The fourth-order valence-electron chi connectivity index (χ4n) is 2.86. The molecule has 3 aromatic rings. The lowest BCUT2D eigenvalue weighted by atomic mass is 10.2. The normalized spacial score (nSPS) is 13.4. The third-order valence-corrected chi connectivity index (χ3v) is 3.99. The number of hydrogen-bond donors (Lipinski definition) is 1. The Bertz CT molecular complexity index is 792. The molecule has 2 aromatic carbocycles. The molecule has 0 saturated heterocycles. The van der Waals surface area contributed by atoms with Gasteiger partial charge in [0.25, 0.3) is 0 Å². The van der Waals surface area contributed by atoms with Crippen LogP contribution in [0.2, 0.25) is 0 Å². The van der Waals surface area contributed by atoms with Gasteiger partial charge in [-0.3, -0.25) is 0 Å². The minimum absolute atomic E-state index is 0.689. The summed E-state index contributed by atoms with van der Waals surface area (Å²) in [6.07, 6.45) is 1.07. The van der Waals surface area contributed by atoms with Gasteiger partial charge in [0.2, 0.25) is 0 Å². The molecule has 6 heteroatoms. The molecule has 0 radical (unpaired) electrons. The topological polar surface area (TPSA) is 72.9 Å². The van der Waals surface area contributed by atoms with Gasteiger partial charge in [0, 0.05) is 17.9 Å². The number of aromatic nitrogens is 4. The van der Waals surface area contributed by atoms with E-state index < -0.39 is 0 Å². The molecule has 0 bridgehead atoms. The maximum Gasteiger partial charge on any atom is 0.175 e. The molecule has 0 atom stereocenters. The number of para-hydroxylation sites is 1. The monoisotopic (exact) mass is 292 g/mol. The zero-order chi connectivity index (χ0) is 14.9. The first-order valence-corrected chi connectivity index (χ1v) is 7.27. The van der Waals surface area contributed by atoms with Gasteiger partial charge in [-0.15, -0.1) is 5.10 Å². The number of nitrogen functional groups attached to an aromatic ring is 1. The van der Waals surface area contributed by atoms with E-state index in [0.717, 1.165) is 30.2 Å². The van der Waals surface area contributed by atoms with Gasteiger partial charge >= 0.3 is 0 Å². The van der Waals surface area contributed by atoms with Gasteiger partial charge in [-0.1, -0.05) is 18.2 Å². The van der Waals surface area contributed by atoms with Gasteiger partial charge in [-0.25, -0.2) is 0 Å². The molecular weight excluding hydrogens is 276 g/mol. The van der Waals surface area contributed by atoms with E-state index in [1.807, 2.05) is 24.3 Å². The molecule has 0 aliphatic carbocycles. The third-order valence-electron chi connectivity index (χ3n) is 3.99. The van der Waals surface area contributed by atoms with E-state index in [2.05, 4.69) is 44.7 Å². The molecule has 0 spiro atoms. The summed E-state index contributed by atoms with van der Waals surface area (Å²) in [5.74, 6) is 0.821. The Kier molecular flexibility index (Phi) is 3.00. The van der Waals surface area contributed by atoms with Crippen molar-refractivity contribution in [2.45, 2.75) is 13.0 Å². The van der Waals surface area contributed by atoms with Crippen LogP contribution >= 0.6 is 0 Å². The number of tetrazole rings is 1. The Morgan fingerprint density at radius 3 is 2.73 bits per heavy atom.